The first-order valence-electron chi connectivity index (χ1n) is 6.19. The minimum Gasteiger partial charge on any atom is -0.395 e. The predicted molar refractivity (Wildman–Crippen MR) is 75.4 cm³/mol. The van der Waals surface area contributed by atoms with Gasteiger partial charge in [-0.15, -0.1) is 0 Å². The highest BCUT2D eigenvalue weighted by Crippen LogP contribution is 2.19. The number of hydrogen-bond acceptors (Lipinski definition) is 3. The standard InChI is InChI=1S/C14H17NO3S/c1-2-13(10-16)15-19(17,18)14-8-7-11-5-3-4-6-12(11)9-14/h3-9,13,15-16H,2,10H2,1H3/t13-/m0/s1. The van der Waals surface area contributed by atoms with Gasteiger partial charge in [0.15, 0.2) is 0 Å². The maximum absolute atomic E-state index is 12.2. The number of aliphatic hydroxyl groups is 1. The zero-order valence-corrected chi connectivity index (χ0v) is 11.5. The number of sulfonamides is 1. The molecule has 0 saturated heterocycles. The van der Waals surface area contributed by atoms with Gasteiger partial charge in [-0.05, 0) is 29.3 Å². The number of nitrogens with one attached hydrogen (secondary N) is 1. The molecule has 2 rings (SSSR count). The molecule has 2 aromatic rings. The molecule has 0 spiro atoms. The van der Waals surface area contributed by atoms with E-state index in [1.54, 1.807) is 18.2 Å². The number of rotatable bonds is 5. The van der Waals surface area contributed by atoms with Crippen molar-refractivity contribution in [2.75, 3.05) is 6.61 Å². The average molecular weight is 279 g/mol. The second kappa shape index (κ2) is 5.69. The van der Waals surface area contributed by atoms with Gasteiger partial charge >= 0.3 is 0 Å². The Balaban J connectivity index is 2.37. The molecule has 0 saturated carbocycles. The lowest BCUT2D eigenvalue weighted by Gasteiger charge is -2.14. The maximum Gasteiger partial charge on any atom is 0.240 e. The molecule has 0 aliphatic heterocycles. The molecule has 0 unspecified atom stereocenters. The van der Waals surface area contributed by atoms with Crippen molar-refractivity contribution in [3.8, 4) is 0 Å². The van der Waals surface area contributed by atoms with E-state index in [-0.39, 0.29) is 11.5 Å². The van der Waals surface area contributed by atoms with Crippen molar-refractivity contribution in [3.63, 3.8) is 0 Å². The second-order valence-electron chi connectivity index (χ2n) is 4.42. The van der Waals surface area contributed by atoms with E-state index in [4.69, 9.17) is 5.11 Å². The lowest BCUT2D eigenvalue weighted by Crippen LogP contribution is -2.36. The van der Waals surface area contributed by atoms with Gasteiger partial charge < -0.3 is 5.11 Å². The Morgan fingerprint density at radius 1 is 1.16 bits per heavy atom. The molecule has 19 heavy (non-hydrogen) atoms. The summed E-state index contributed by atoms with van der Waals surface area (Å²) in [7, 11) is -3.59. The van der Waals surface area contributed by atoms with Crippen molar-refractivity contribution >= 4 is 20.8 Å². The van der Waals surface area contributed by atoms with Gasteiger partial charge in [0.25, 0.3) is 0 Å². The highest BCUT2D eigenvalue weighted by Gasteiger charge is 2.18. The highest BCUT2D eigenvalue weighted by molar-refractivity contribution is 7.89. The van der Waals surface area contributed by atoms with E-state index < -0.39 is 16.1 Å². The summed E-state index contributed by atoms with van der Waals surface area (Å²) in [5, 5.41) is 11.0. The Kier molecular flexibility index (Phi) is 4.19. The summed E-state index contributed by atoms with van der Waals surface area (Å²) < 4.78 is 26.9. The quantitative estimate of drug-likeness (QED) is 0.878. The molecule has 5 heteroatoms. The number of benzene rings is 2. The summed E-state index contributed by atoms with van der Waals surface area (Å²) in [6, 6.07) is 12.1. The van der Waals surface area contributed by atoms with Gasteiger partial charge in [0.05, 0.1) is 11.5 Å². The molecule has 0 fully saturated rings. The summed E-state index contributed by atoms with van der Waals surface area (Å²) in [6.45, 7) is 1.62. The molecule has 0 aliphatic rings. The fourth-order valence-electron chi connectivity index (χ4n) is 1.87. The molecule has 0 amide bonds. The van der Waals surface area contributed by atoms with Crippen molar-refractivity contribution in [3.05, 3.63) is 42.5 Å². The summed E-state index contributed by atoms with van der Waals surface area (Å²) in [4.78, 5) is 0.220. The van der Waals surface area contributed by atoms with Crippen molar-refractivity contribution in [1.82, 2.24) is 4.72 Å². The average Bonchev–Trinajstić information content (AvgIpc) is 2.44. The monoisotopic (exact) mass is 279 g/mol. The lowest BCUT2D eigenvalue weighted by atomic mass is 10.1. The Morgan fingerprint density at radius 3 is 2.47 bits per heavy atom. The SMILES string of the molecule is CC[C@@H](CO)NS(=O)(=O)c1ccc2ccccc2c1. The normalized spacial score (nSPS) is 13.6. The van der Waals surface area contributed by atoms with Gasteiger partial charge in [0.1, 0.15) is 0 Å². The third-order valence-electron chi connectivity index (χ3n) is 3.07. The van der Waals surface area contributed by atoms with Crippen LogP contribution in [0.25, 0.3) is 10.8 Å². The first kappa shape index (κ1) is 14.0. The van der Waals surface area contributed by atoms with E-state index >= 15 is 0 Å². The molecule has 102 valence electrons. The fraction of sp³-hybridized carbons (Fsp3) is 0.286. The summed E-state index contributed by atoms with van der Waals surface area (Å²) in [6.07, 6.45) is 0.545. The molecular weight excluding hydrogens is 262 g/mol. The van der Waals surface area contributed by atoms with Gasteiger partial charge in [-0.25, -0.2) is 13.1 Å². The van der Waals surface area contributed by atoms with Crippen LogP contribution in [0.3, 0.4) is 0 Å². The third-order valence-corrected chi connectivity index (χ3v) is 4.58. The van der Waals surface area contributed by atoms with Crippen LogP contribution in [-0.2, 0) is 10.0 Å². The van der Waals surface area contributed by atoms with Crippen molar-refractivity contribution < 1.29 is 13.5 Å². The van der Waals surface area contributed by atoms with E-state index in [1.807, 2.05) is 31.2 Å². The van der Waals surface area contributed by atoms with Crippen LogP contribution in [0.4, 0.5) is 0 Å². The molecule has 4 nitrogen and oxygen atoms in total. The van der Waals surface area contributed by atoms with Gasteiger partial charge in [0.2, 0.25) is 10.0 Å². The molecular formula is C14H17NO3S. The van der Waals surface area contributed by atoms with Crippen LogP contribution in [0.2, 0.25) is 0 Å². The minimum atomic E-state index is -3.59. The molecule has 1 atom stereocenters. The summed E-state index contributed by atoms with van der Waals surface area (Å²) in [5.74, 6) is 0. The largest absolute Gasteiger partial charge is 0.395 e. The van der Waals surface area contributed by atoms with Gasteiger partial charge in [-0.2, -0.15) is 0 Å². The van der Waals surface area contributed by atoms with Crippen LogP contribution in [-0.4, -0.2) is 26.2 Å². The van der Waals surface area contributed by atoms with Gasteiger partial charge in [0, 0.05) is 6.04 Å². The first-order valence-corrected chi connectivity index (χ1v) is 7.67. The molecule has 0 bridgehead atoms. The minimum absolute atomic E-state index is 0.205. The summed E-state index contributed by atoms with van der Waals surface area (Å²) >= 11 is 0. The van der Waals surface area contributed by atoms with Crippen molar-refractivity contribution in [2.45, 2.75) is 24.3 Å². The Bertz CT molecular complexity index is 663. The Morgan fingerprint density at radius 2 is 1.84 bits per heavy atom. The fourth-order valence-corrected chi connectivity index (χ4v) is 3.22. The Hall–Kier alpha value is -1.43. The van der Waals surface area contributed by atoms with Crippen LogP contribution in [0, 0.1) is 0 Å². The molecule has 0 aromatic heterocycles. The van der Waals surface area contributed by atoms with E-state index in [0.29, 0.717) is 6.42 Å². The van der Waals surface area contributed by atoms with Gasteiger partial charge in [-0.3, -0.25) is 0 Å². The maximum atomic E-state index is 12.2. The zero-order chi connectivity index (χ0) is 13.9. The van der Waals surface area contributed by atoms with Gasteiger partial charge in [-0.1, -0.05) is 37.3 Å². The van der Waals surface area contributed by atoms with Crippen LogP contribution < -0.4 is 4.72 Å². The highest BCUT2D eigenvalue weighted by atomic mass is 32.2. The van der Waals surface area contributed by atoms with Crippen LogP contribution in [0.5, 0.6) is 0 Å². The van der Waals surface area contributed by atoms with Crippen LogP contribution in [0.15, 0.2) is 47.4 Å². The van der Waals surface area contributed by atoms with Crippen molar-refractivity contribution in [2.24, 2.45) is 0 Å². The van der Waals surface area contributed by atoms with Crippen molar-refractivity contribution in [1.29, 1.82) is 0 Å². The molecule has 2 N–H and O–H groups in total. The van der Waals surface area contributed by atoms with E-state index in [2.05, 4.69) is 4.72 Å². The second-order valence-corrected chi connectivity index (χ2v) is 6.13. The zero-order valence-electron chi connectivity index (χ0n) is 10.7. The smallest absolute Gasteiger partial charge is 0.240 e. The number of hydrogen-bond donors (Lipinski definition) is 2. The van der Waals surface area contributed by atoms with E-state index in [1.165, 1.54) is 0 Å². The summed E-state index contributed by atoms with van der Waals surface area (Å²) in [5.41, 5.74) is 0. The third kappa shape index (κ3) is 3.12. The van der Waals surface area contributed by atoms with E-state index in [0.717, 1.165) is 10.8 Å². The van der Waals surface area contributed by atoms with Crippen LogP contribution in [0.1, 0.15) is 13.3 Å². The lowest BCUT2D eigenvalue weighted by molar-refractivity contribution is 0.254. The molecule has 2 aromatic carbocycles. The predicted octanol–water partition coefficient (Wildman–Crippen LogP) is 1.89. The molecule has 0 radical (unpaired) electrons. The molecule has 0 aliphatic carbocycles. The molecule has 0 heterocycles. The van der Waals surface area contributed by atoms with Crippen LogP contribution >= 0.6 is 0 Å². The number of aliphatic hydroxyl groups excluding tert-OH is 1. The number of fused-ring (bicyclic) bond motifs is 1. The van der Waals surface area contributed by atoms with E-state index in [9.17, 15) is 8.42 Å². The topological polar surface area (TPSA) is 66.4 Å². The Labute approximate surface area is 113 Å². The first-order chi connectivity index (χ1) is 9.06.